The average molecular weight is 223 g/mol. The van der Waals surface area contributed by atoms with Crippen molar-refractivity contribution in [2.75, 3.05) is 6.54 Å². The molecule has 2 N–H and O–H groups in total. The van der Waals surface area contributed by atoms with Crippen molar-refractivity contribution in [3.63, 3.8) is 0 Å². The van der Waals surface area contributed by atoms with Gasteiger partial charge in [0.15, 0.2) is 0 Å². The normalized spacial score (nSPS) is 22.0. The van der Waals surface area contributed by atoms with Crippen molar-refractivity contribution in [2.45, 2.75) is 26.8 Å². The summed E-state index contributed by atoms with van der Waals surface area (Å²) in [4.78, 5) is 10.6. The fourth-order valence-corrected chi connectivity index (χ4v) is 1.88. The van der Waals surface area contributed by atoms with Gasteiger partial charge in [0.05, 0.1) is 12.1 Å². The molecule has 1 atom stereocenters. The molecule has 2 rings (SSSR count). The second kappa shape index (κ2) is 3.94. The fraction of sp³-hybridized carbons (Fsp3) is 0.583. The Morgan fingerprint density at radius 3 is 2.88 bits per heavy atom. The summed E-state index contributed by atoms with van der Waals surface area (Å²) in [5.41, 5.74) is 0.686. The zero-order valence-electron chi connectivity index (χ0n) is 9.62. The molecule has 4 nitrogen and oxygen atoms in total. The minimum atomic E-state index is -0.946. The molecule has 4 heteroatoms. The third-order valence-electron chi connectivity index (χ3n) is 3.31. The molecule has 1 aromatic heterocycles. The molecule has 0 aromatic carbocycles. The number of aromatic carboxylic acids is 1. The lowest BCUT2D eigenvalue weighted by Crippen LogP contribution is -2.17. The fourth-order valence-electron chi connectivity index (χ4n) is 1.88. The maximum absolute atomic E-state index is 10.6. The van der Waals surface area contributed by atoms with Crippen LogP contribution >= 0.6 is 0 Å². The van der Waals surface area contributed by atoms with Gasteiger partial charge < -0.3 is 14.8 Å². The molecule has 1 aliphatic carbocycles. The molecule has 16 heavy (non-hydrogen) atoms. The predicted octanol–water partition coefficient (Wildman–Crippen LogP) is 2.11. The van der Waals surface area contributed by atoms with Crippen molar-refractivity contribution >= 4 is 5.97 Å². The molecule has 0 saturated heterocycles. The van der Waals surface area contributed by atoms with Gasteiger partial charge in [-0.15, -0.1) is 0 Å². The zero-order chi connectivity index (χ0) is 11.8. The van der Waals surface area contributed by atoms with E-state index < -0.39 is 5.97 Å². The molecule has 0 spiro atoms. The largest absolute Gasteiger partial charge is 0.478 e. The highest BCUT2D eigenvalue weighted by atomic mass is 16.4. The van der Waals surface area contributed by atoms with E-state index in [-0.39, 0.29) is 5.56 Å². The van der Waals surface area contributed by atoms with Crippen LogP contribution in [0.1, 0.15) is 36.4 Å². The highest BCUT2D eigenvalue weighted by Gasteiger charge is 2.44. The Morgan fingerprint density at radius 1 is 1.69 bits per heavy atom. The van der Waals surface area contributed by atoms with Gasteiger partial charge in [-0.25, -0.2) is 4.79 Å². The summed E-state index contributed by atoms with van der Waals surface area (Å²) in [5.74, 6) is 0.468. The number of carboxylic acid groups (broad SMARTS) is 1. The molecule has 0 aliphatic heterocycles. The van der Waals surface area contributed by atoms with E-state index in [2.05, 4.69) is 19.2 Å². The lowest BCUT2D eigenvalue weighted by molar-refractivity contribution is 0.0696. The second-order valence-electron chi connectivity index (χ2n) is 5.13. The highest BCUT2D eigenvalue weighted by Crippen LogP contribution is 2.50. The number of rotatable bonds is 5. The lowest BCUT2D eigenvalue weighted by atomic mass is 10.1. The van der Waals surface area contributed by atoms with Gasteiger partial charge in [0.25, 0.3) is 0 Å². The standard InChI is InChI=1S/C12H17NO3/c1-12(2)4-9(12)5-13-6-10-3-8(7-16-10)11(14)15/h3,7,9,13H,4-6H2,1-2H3,(H,14,15). The van der Waals surface area contributed by atoms with Crippen LogP contribution in [0.3, 0.4) is 0 Å². The number of carboxylic acids is 1. The van der Waals surface area contributed by atoms with Crippen molar-refractivity contribution in [3.8, 4) is 0 Å². The monoisotopic (exact) mass is 223 g/mol. The number of nitrogens with one attached hydrogen (secondary N) is 1. The Labute approximate surface area is 94.6 Å². The van der Waals surface area contributed by atoms with Crippen molar-refractivity contribution in [2.24, 2.45) is 11.3 Å². The SMILES string of the molecule is CC1(C)CC1CNCc1cc(C(=O)O)co1. The van der Waals surface area contributed by atoms with Crippen molar-refractivity contribution < 1.29 is 14.3 Å². The summed E-state index contributed by atoms with van der Waals surface area (Å²) in [7, 11) is 0. The van der Waals surface area contributed by atoms with Gasteiger partial charge in [0.1, 0.15) is 12.0 Å². The van der Waals surface area contributed by atoms with Gasteiger partial charge in [0, 0.05) is 0 Å². The topological polar surface area (TPSA) is 62.5 Å². The Morgan fingerprint density at radius 2 is 2.38 bits per heavy atom. The molecule has 1 aromatic rings. The van der Waals surface area contributed by atoms with E-state index in [0.717, 1.165) is 12.5 Å². The van der Waals surface area contributed by atoms with Gasteiger partial charge in [-0.1, -0.05) is 13.8 Å². The highest BCUT2D eigenvalue weighted by molar-refractivity contribution is 5.87. The number of furan rings is 1. The van der Waals surface area contributed by atoms with Crippen LogP contribution in [0.2, 0.25) is 0 Å². The van der Waals surface area contributed by atoms with Gasteiger partial charge in [-0.05, 0) is 30.4 Å². The van der Waals surface area contributed by atoms with Crippen molar-refractivity contribution in [1.82, 2.24) is 5.32 Å². The maximum atomic E-state index is 10.6. The smallest absolute Gasteiger partial charge is 0.338 e. The predicted molar refractivity (Wildman–Crippen MR) is 59.3 cm³/mol. The molecule has 1 unspecified atom stereocenters. The minimum absolute atomic E-state index is 0.212. The van der Waals surface area contributed by atoms with E-state index >= 15 is 0 Å². The first-order valence-corrected chi connectivity index (χ1v) is 5.50. The number of hydrogen-bond donors (Lipinski definition) is 2. The van der Waals surface area contributed by atoms with Crippen LogP contribution in [-0.2, 0) is 6.54 Å². The molecule has 0 amide bonds. The van der Waals surface area contributed by atoms with Crippen molar-refractivity contribution in [3.05, 3.63) is 23.7 Å². The van der Waals surface area contributed by atoms with Crippen LogP contribution in [0.5, 0.6) is 0 Å². The van der Waals surface area contributed by atoms with E-state index in [0.29, 0.717) is 17.7 Å². The van der Waals surface area contributed by atoms with Gasteiger partial charge in [0.2, 0.25) is 0 Å². The molecule has 1 fully saturated rings. The molecule has 0 radical (unpaired) electrons. The molecule has 1 heterocycles. The quantitative estimate of drug-likeness (QED) is 0.802. The van der Waals surface area contributed by atoms with Crippen LogP contribution in [0.4, 0.5) is 0 Å². The van der Waals surface area contributed by atoms with Crippen LogP contribution in [-0.4, -0.2) is 17.6 Å². The zero-order valence-corrected chi connectivity index (χ0v) is 9.62. The van der Waals surface area contributed by atoms with Crippen LogP contribution in [0, 0.1) is 11.3 Å². The van der Waals surface area contributed by atoms with Gasteiger partial charge >= 0.3 is 5.97 Å². The summed E-state index contributed by atoms with van der Waals surface area (Å²) in [5, 5.41) is 12.0. The minimum Gasteiger partial charge on any atom is -0.478 e. The molecule has 1 saturated carbocycles. The third-order valence-corrected chi connectivity index (χ3v) is 3.31. The summed E-state index contributed by atoms with van der Waals surface area (Å²) < 4.78 is 5.14. The Hall–Kier alpha value is -1.29. The average Bonchev–Trinajstić information content (AvgIpc) is 2.65. The Bertz CT molecular complexity index is 395. The molecular formula is C12H17NO3. The summed E-state index contributed by atoms with van der Waals surface area (Å²) in [6.07, 6.45) is 2.54. The molecule has 0 bridgehead atoms. The number of carbonyl (C=O) groups is 1. The first-order chi connectivity index (χ1) is 7.49. The Kier molecular flexibility index (Phi) is 2.76. The van der Waals surface area contributed by atoms with Crippen molar-refractivity contribution in [1.29, 1.82) is 0 Å². The molecular weight excluding hydrogens is 206 g/mol. The second-order valence-corrected chi connectivity index (χ2v) is 5.13. The van der Waals surface area contributed by atoms with E-state index in [4.69, 9.17) is 9.52 Å². The third kappa shape index (κ3) is 2.44. The van der Waals surface area contributed by atoms with E-state index in [1.807, 2.05) is 0 Å². The van der Waals surface area contributed by atoms with Gasteiger partial charge in [-0.2, -0.15) is 0 Å². The molecule has 88 valence electrons. The van der Waals surface area contributed by atoms with Crippen LogP contribution < -0.4 is 5.32 Å². The summed E-state index contributed by atoms with van der Waals surface area (Å²) >= 11 is 0. The van der Waals surface area contributed by atoms with Gasteiger partial charge in [-0.3, -0.25) is 0 Å². The number of hydrogen-bond acceptors (Lipinski definition) is 3. The van der Waals surface area contributed by atoms with E-state index in [1.165, 1.54) is 12.7 Å². The lowest BCUT2D eigenvalue weighted by Gasteiger charge is -2.04. The van der Waals surface area contributed by atoms with Crippen LogP contribution in [0.25, 0.3) is 0 Å². The molecule has 1 aliphatic rings. The first-order valence-electron chi connectivity index (χ1n) is 5.50. The Balaban J connectivity index is 1.75. The summed E-state index contributed by atoms with van der Waals surface area (Å²) in [6.45, 7) is 6.08. The van der Waals surface area contributed by atoms with E-state index in [1.54, 1.807) is 6.07 Å². The maximum Gasteiger partial charge on any atom is 0.338 e. The van der Waals surface area contributed by atoms with Crippen LogP contribution in [0.15, 0.2) is 16.7 Å². The summed E-state index contributed by atoms with van der Waals surface area (Å²) in [6, 6.07) is 1.56. The first kappa shape index (κ1) is 11.2. The van der Waals surface area contributed by atoms with E-state index in [9.17, 15) is 4.79 Å².